The fourth-order valence-corrected chi connectivity index (χ4v) is 3.41. The highest BCUT2D eigenvalue weighted by molar-refractivity contribution is 6.67. The number of hydrogen-bond donors (Lipinski definition) is 2. The lowest BCUT2D eigenvalue weighted by molar-refractivity contribution is -0.279. The first-order valence-corrected chi connectivity index (χ1v) is 13.4. The van der Waals surface area contributed by atoms with Crippen LogP contribution in [0.15, 0.2) is 30.3 Å². The quantitative estimate of drug-likeness (QED) is 0.251. The van der Waals surface area contributed by atoms with Crippen LogP contribution < -0.4 is 5.32 Å². The summed E-state index contributed by atoms with van der Waals surface area (Å²) in [5, 5.41) is 13.7. The summed E-state index contributed by atoms with van der Waals surface area (Å²) in [5.74, 6) is -1.19. The largest absolute Gasteiger partial charge is 0.462 e. The number of amides is 1. The van der Waals surface area contributed by atoms with Crippen molar-refractivity contribution >= 4 is 52.8 Å². The summed E-state index contributed by atoms with van der Waals surface area (Å²) >= 11 is 17.0. The van der Waals surface area contributed by atoms with Gasteiger partial charge in [0, 0.05) is 0 Å². The van der Waals surface area contributed by atoms with E-state index >= 15 is 0 Å². The van der Waals surface area contributed by atoms with Gasteiger partial charge in [0.2, 0.25) is 3.79 Å². The number of carbonyl (C=O) groups is 3. The zero-order chi connectivity index (χ0) is 29.6. The van der Waals surface area contributed by atoms with E-state index in [2.05, 4.69) is 5.32 Å². The molecule has 1 aromatic carbocycles. The molecule has 1 fully saturated rings. The maximum Gasteiger partial charge on any atom is 0.407 e. The van der Waals surface area contributed by atoms with Crippen molar-refractivity contribution < 1.29 is 43.2 Å². The van der Waals surface area contributed by atoms with E-state index in [1.165, 1.54) is 0 Å². The number of alkyl halides is 3. The van der Waals surface area contributed by atoms with Crippen molar-refractivity contribution in [3.63, 3.8) is 0 Å². The molecule has 2 N–H and O–H groups in total. The van der Waals surface area contributed by atoms with Crippen LogP contribution in [-0.4, -0.2) is 70.8 Å². The molecule has 1 heterocycles. The van der Waals surface area contributed by atoms with Gasteiger partial charge in [-0.1, -0.05) is 65.1 Å². The molecule has 13 heteroatoms. The predicted molar refractivity (Wildman–Crippen MR) is 144 cm³/mol. The summed E-state index contributed by atoms with van der Waals surface area (Å²) in [6, 6.07) is 7.84. The molecule has 5 atom stereocenters. The van der Waals surface area contributed by atoms with Crippen LogP contribution >= 0.6 is 34.8 Å². The number of benzene rings is 1. The Morgan fingerprint density at radius 3 is 2.08 bits per heavy atom. The van der Waals surface area contributed by atoms with Crippen molar-refractivity contribution in [1.82, 2.24) is 5.32 Å². The molecule has 1 aliphatic heterocycles. The highest BCUT2D eigenvalue weighted by Crippen LogP contribution is 2.30. The van der Waals surface area contributed by atoms with E-state index in [-0.39, 0.29) is 13.2 Å². The van der Waals surface area contributed by atoms with E-state index < -0.39 is 69.9 Å². The second-order valence-electron chi connectivity index (χ2n) is 11.2. The van der Waals surface area contributed by atoms with Crippen LogP contribution in [0.25, 0.3) is 0 Å². The number of nitrogens with one attached hydrogen (secondary N) is 1. The van der Waals surface area contributed by atoms with Crippen molar-refractivity contribution in [2.45, 2.75) is 82.6 Å². The van der Waals surface area contributed by atoms with Gasteiger partial charge in [0.05, 0.1) is 17.4 Å². The Bertz CT molecular complexity index is 974. The van der Waals surface area contributed by atoms with Gasteiger partial charge in [0.15, 0.2) is 12.4 Å². The highest BCUT2D eigenvalue weighted by atomic mass is 35.6. The molecule has 39 heavy (non-hydrogen) atoms. The third-order valence-electron chi connectivity index (χ3n) is 5.43. The van der Waals surface area contributed by atoms with Gasteiger partial charge in [-0.05, 0) is 47.1 Å². The maximum atomic E-state index is 12.9. The Balaban J connectivity index is 2.36. The molecule has 0 aliphatic carbocycles. The molecule has 220 valence electrons. The molecule has 1 amide bonds. The number of carbonyl (C=O) groups excluding carboxylic acids is 3. The molecule has 0 saturated carbocycles. The van der Waals surface area contributed by atoms with Gasteiger partial charge in [-0.2, -0.15) is 0 Å². The first-order valence-electron chi connectivity index (χ1n) is 12.3. The molecule has 10 nitrogen and oxygen atoms in total. The SMILES string of the molecule is CC(C)(C)C(=O)OC[C@H]1O[C@@H](OCc2ccccc2)[C@H](NC(=O)OCC(Cl)(Cl)Cl)[C@@H](OC(=O)C(C)(C)C)[C@@H]1O. The summed E-state index contributed by atoms with van der Waals surface area (Å²) in [5.41, 5.74) is -0.978. The molecule has 1 aliphatic rings. The number of halogens is 3. The number of aliphatic hydroxyl groups is 1. The highest BCUT2D eigenvalue weighted by Gasteiger charge is 2.50. The van der Waals surface area contributed by atoms with Gasteiger partial charge >= 0.3 is 18.0 Å². The summed E-state index contributed by atoms with van der Waals surface area (Å²) < 4.78 is 26.1. The Morgan fingerprint density at radius 1 is 0.949 bits per heavy atom. The van der Waals surface area contributed by atoms with E-state index in [1.54, 1.807) is 41.5 Å². The van der Waals surface area contributed by atoms with Crippen LogP contribution in [0.1, 0.15) is 47.1 Å². The molecular weight excluding hydrogens is 577 g/mol. The number of esters is 2. The first-order chi connectivity index (χ1) is 17.9. The molecule has 0 radical (unpaired) electrons. The van der Waals surface area contributed by atoms with Crippen molar-refractivity contribution in [1.29, 1.82) is 0 Å². The minimum atomic E-state index is -1.87. The Morgan fingerprint density at radius 2 is 1.54 bits per heavy atom. The van der Waals surface area contributed by atoms with Gasteiger partial charge in [-0.15, -0.1) is 0 Å². The average molecular weight is 613 g/mol. The monoisotopic (exact) mass is 611 g/mol. The Hall–Kier alpha value is -1.82. The Kier molecular flexibility index (Phi) is 11.7. The Labute approximate surface area is 243 Å². The third kappa shape index (κ3) is 10.9. The molecule has 2 rings (SSSR count). The zero-order valence-corrected chi connectivity index (χ0v) is 25.0. The summed E-state index contributed by atoms with van der Waals surface area (Å²) in [6.07, 6.45) is -6.39. The molecule has 0 spiro atoms. The lowest BCUT2D eigenvalue weighted by atomic mass is 9.94. The minimum Gasteiger partial charge on any atom is -0.462 e. The van der Waals surface area contributed by atoms with Gasteiger partial charge in [-0.3, -0.25) is 9.59 Å². The lowest BCUT2D eigenvalue weighted by Gasteiger charge is -2.44. The second kappa shape index (κ2) is 13.7. The molecule has 0 unspecified atom stereocenters. The molecular formula is C26H36Cl3NO9. The van der Waals surface area contributed by atoms with Gasteiger partial charge in [0.25, 0.3) is 0 Å². The van der Waals surface area contributed by atoms with Crippen LogP contribution in [0.5, 0.6) is 0 Å². The third-order valence-corrected chi connectivity index (χ3v) is 5.76. The van der Waals surface area contributed by atoms with E-state index in [9.17, 15) is 19.5 Å². The summed E-state index contributed by atoms with van der Waals surface area (Å²) in [6.45, 7) is 9.02. The summed E-state index contributed by atoms with van der Waals surface area (Å²) in [4.78, 5) is 37.8. The molecule has 1 aromatic rings. The predicted octanol–water partition coefficient (Wildman–Crippen LogP) is 4.30. The van der Waals surface area contributed by atoms with Crippen LogP contribution in [-0.2, 0) is 39.9 Å². The zero-order valence-electron chi connectivity index (χ0n) is 22.7. The van der Waals surface area contributed by atoms with E-state index in [0.29, 0.717) is 0 Å². The van der Waals surface area contributed by atoms with Crippen LogP contribution in [0.2, 0.25) is 0 Å². The van der Waals surface area contributed by atoms with Crippen LogP contribution in [0.3, 0.4) is 0 Å². The average Bonchev–Trinajstić information content (AvgIpc) is 2.82. The van der Waals surface area contributed by atoms with Gasteiger partial charge < -0.3 is 34.1 Å². The van der Waals surface area contributed by atoms with Crippen LogP contribution in [0, 0.1) is 10.8 Å². The molecule has 0 bridgehead atoms. The van der Waals surface area contributed by atoms with Crippen molar-refractivity contribution in [3.8, 4) is 0 Å². The molecule has 1 saturated heterocycles. The van der Waals surface area contributed by atoms with Crippen LogP contribution in [0.4, 0.5) is 4.79 Å². The van der Waals surface area contributed by atoms with Gasteiger partial charge in [-0.25, -0.2) is 4.79 Å². The fraction of sp³-hybridized carbons (Fsp3) is 0.654. The van der Waals surface area contributed by atoms with Crippen molar-refractivity contribution in [3.05, 3.63) is 35.9 Å². The standard InChI is InChI=1S/C26H36Cl3NO9/c1-24(2,3)21(32)36-13-16-18(31)19(39-22(33)25(4,5)6)17(30-23(34)37-14-26(27,28)29)20(38-16)35-12-15-10-8-7-9-11-15/h7-11,16-20,31H,12-14H2,1-6H3,(H,30,34)/t16-,17-,18-,19-,20-/m1/s1. The number of aliphatic hydroxyl groups excluding tert-OH is 1. The molecule has 0 aromatic heterocycles. The number of ether oxygens (including phenoxy) is 5. The number of rotatable bonds is 8. The second-order valence-corrected chi connectivity index (χ2v) is 13.7. The van der Waals surface area contributed by atoms with Gasteiger partial charge in [0.1, 0.15) is 31.5 Å². The number of hydrogen-bond acceptors (Lipinski definition) is 9. The maximum absolute atomic E-state index is 12.9. The topological polar surface area (TPSA) is 130 Å². The number of alkyl carbamates (subject to hydrolysis) is 1. The van der Waals surface area contributed by atoms with Crippen molar-refractivity contribution in [2.24, 2.45) is 10.8 Å². The van der Waals surface area contributed by atoms with Crippen molar-refractivity contribution in [2.75, 3.05) is 13.2 Å². The smallest absolute Gasteiger partial charge is 0.407 e. The van der Waals surface area contributed by atoms with E-state index in [4.69, 9.17) is 58.5 Å². The van der Waals surface area contributed by atoms with E-state index in [0.717, 1.165) is 5.56 Å². The normalized spacial score (nSPS) is 24.0. The van der Waals surface area contributed by atoms with E-state index in [1.807, 2.05) is 30.3 Å². The first kappa shape index (κ1) is 33.4. The summed E-state index contributed by atoms with van der Waals surface area (Å²) in [7, 11) is 0. The minimum absolute atomic E-state index is 0.0391. The fourth-order valence-electron chi connectivity index (χ4n) is 3.24. The lowest BCUT2D eigenvalue weighted by Crippen LogP contribution is -2.66.